The zero-order chi connectivity index (χ0) is 9.19. The lowest BCUT2D eigenvalue weighted by Crippen LogP contribution is -2.07. The van der Waals surface area contributed by atoms with Gasteiger partial charge in [0.15, 0.2) is 0 Å². The van der Waals surface area contributed by atoms with E-state index in [0.29, 0.717) is 16.3 Å². The molecule has 1 rings (SSSR count). The molecule has 1 aromatic heterocycles. The third-order valence-electron chi connectivity index (χ3n) is 0.934. The molecule has 1 nitrogen and oxygen atoms in total. The van der Waals surface area contributed by atoms with Gasteiger partial charge in [-0.2, -0.15) is 0 Å². The zero-order valence-electron chi connectivity index (χ0n) is 6.01. The van der Waals surface area contributed by atoms with Gasteiger partial charge in [-0.1, -0.05) is 0 Å². The maximum Gasteiger partial charge on any atom is 0.534 e. The first-order valence-electron chi connectivity index (χ1n) is 2.96. The Morgan fingerprint density at radius 3 is 2.50 bits per heavy atom. The van der Waals surface area contributed by atoms with E-state index in [1.165, 1.54) is 11.3 Å². The molecule has 0 saturated heterocycles. The minimum atomic E-state index is -4.57. The second-order valence-corrected chi connectivity index (χ2v) is 4.30. The molecule has 0 radical (unpaired) electrons. The Kier molecular flexibility index (Phi) is 3.03. The van der Waals surface area contributed by atoms with Crippen LogP contribution < -0.4 is 0 Å². The first kappa shape index (κ1) is 9.88. The summed E-state index contributed by atoms with van der Waals surface area (Å²) in [6, 6.07) is 3.34. The topological polar surface area (TPSA) is 9.23 Å². The molecule has 0 aliphatic rings. The summed E-state index contributed by atoms with van der Waals surface area (Å²) in [5.41, 5.74) is 0. The van der Waals surface area contributed by atoms with Gasteiger partial charge in [-0.3, -0.25) is 0 Å². The van der Waals surface area contributed by atoms with E-state index in [0.717, 1.165) is 4.88 Å². The fraction of sp³-hybridized carbons (Fsp3) is 0.333. The van der Waals surface area contributed by atoms with Crippen LogP contribution in [0.15, 0.2) is 16.3 Å². The Balaban J connectivity index is 2.44. The molecule has 1 aromatic rings. The first-order chi connectivity index (χ1) is 5.47. The molecule has 0 spiro atoms. The maximum atomic E-state index is 11.5. The van der Waals surface area contributed by atoms with E-state index < -0.39 is 6.36 Å². The van der Waals surface area contributed by atoms with E-state index in [4.69, 9.17) is 0 Å². The minimum absolute atomic E-state index is 0.342. The van der Waals surface area contributed by atoms with E-state index in [-0.39, 0.29) is 0 Å². The highest BCUT2D eigenvalue weighted by Crippen LogP contribution is 2.33. The number of halogens is 3. The van der Waals surface area contributed by atoms with Gasteiger partial charge in [0.25, 0.3) is 0 Å². The van der Waals surface area contributed by atoms with Crippen LogP contribution >= 0.6 is 23.4 Å². The zero-order valence-corrected chi connectivity index (χ0v) is 7.65. The number of hydrogen-bond acceptors (Lipinski definition) is 3. The summed E-state index contributed by atoms with van der Waals surface area (Å²) in [5.74, 6) is 0. The third-order valence-corrected chi connectivity index (χ3v) is 2.76. The van der Waals surface area contributed by atoms with Gasteiger partial charge in [0.05, 0.1) is 4.21 Å². The summed E-state index contributed by atoms with van der Waals surface area (Å²) in [6.45, 7) is 1.82. The normalized spacial score (nSPS) is 12.0. The van der Waals surface area contributed by atoms with Crippen molar-refractivity contribution >= 4 is 23.4 Å². The highest BCUT2D eigenvalue weighted by Gasteiger charge is 2.30. The Morgan fingerprint density at radius 1 is 1.42 bits per heavy atom. The van der Waals surface area contributed by atoms with Crippen LogP contribution in [0.4, 0.5) is 13.2 Å². The van der Waals surface area contributed by atoms with Crippen molar-refractivity contribution in [3.8, 4) is 0 Å². The molecule has 0 aliphatic carbocycles. The van der Waals surface area contributed by atoms with Crippen molar-refractivity contribution in [1.29, 1.82) is 0 Å². The van der Waals surface area contributed by atoms with Crippen molar-refractivity contribution in [3.05, 3.63) is 17.0 Å². The van der Waals surface area contributed by atoms with Crippen LogP contribution in [-0.2, 0) is 4.18 Å². The summed E-state index contributed by atoms with van der Waals surface area (Å²) >= 11 is 1.61. The number of alkyl halides is 3. The maximum absolute atomic E-state index is 11.5. The molecule has 1 heterocycles. The Labute approximate surface area is 75.7 Å². The third kappa shape index (κ3) is 3.46. The van der Waals surface area contributed by atoms with Crippen LogP contribution in [0.1, 0.15) is 4.88 Å². The SMILES string of the molecule is Cc1ccc(SOC(F)(F)F)s1. The highest BCUT2D eigenvalue weighted by atomic mass is 32.2. The fourth-order valence-corrected chi connectivity index (χ4v) is 2.07. The Bertz CT molecular complexity index is 256. The number of hydrogen-bond donors (Lipinski definition) is 0. The van der Waals surface area contributed by atoms with E-state index in [9.17, 15) is 13.2 Å². The molecule has 0 amide bonds. The van der Waals surface area contributed by atoms with Crippen LogP contribution in [-0.4, -0.2) is 6.36 Å². The predicted octanol–water partition coefficient (Wildman–Crippen LogP) is 3.60. The van der Waals surface area contributed by atoms with Gasteiger partial charge >= 0.3 is 6.36 Å². The van der Waals surface area contributed by atoms with Crippen LogP contribution in [0.3, 0.4) is 0 Å². The quantitative estimate of drug-likeness (QED) is 0.695. The lowest BCUT2D eigenvalue weighted by Gasteiger charge is -2.02. The monoisotopic (exact) mass is 214 g/mol. The molecule has 0 unspecified atom stereocenters. The van der Waals surface area contributed by atoms with Crippen LogP contribution in [0, 0.1) is 6.92 Å². The largest absolute Gasteiger partial charge is 0.534 e. The van der Waals surface area contributed by atoms with E-state index in [1.807, 2.05) is 6.92 Å². The summed E-state index contributed by atoms with van der Waals surface area (Å²) in [6.07, 6.45) is -4.57. The van der Waals surface area contributed by atoms with Crippen molar-refractivity contribution in [3.63, 3.8) is 0 Å². The lowest BCUT2D eigenvalue weighted by atomic mass is 10.5. The average Bonchev–Trinajstić information content (AvgIpc) is 2.30. The second-order valence-electron chi connectivity index (χ2n) is 1.98. The molecule has 68 valence electrons. The summed E-state index contributed by atoms with van der Waals surface area (Å²) in [7, 11) is 0. The first-order valence-corrected chi connectivity index (χ1v) is 4.52. The Hall–Kier alpha value is -0.200. The average molecular weight is 214 g/mol. The van der Waals surface area contributed by atoms with Gasteiger partial charge in [0, 0.05) is 16.9 Å². The molecule has 0 aromatic carbocycles. The van der Waals surface area contributed by atoms with Gasteiger partial charge < -0.3 is 0 Å². The van der Waals surface area contributed by atoms with Gasteiger partial charge in [0.1, 0.15) is 0 Å². The van der Waals surface area contributed by atoms with Gasteiger partial charge in [-0.15, -0.1) is 24.5 Å². The molecule has 0 aliphatic heterocycles. The van der Waals surface area contributed by atoms with E-state index in [2.05, 4.69) is 4.18 Å². The lowest BCUT2D eigenvalue weighted by molar-refractivity contribution is -0.266. The van der Waals surface area contributed by atoms with Crippen molar-refractivity contribution in [2.75, 3.05) is 0 Å². The van der Waals surface area contributed by atoms with Crippen LogP contribution in [0.2, 0.25) is 0 Å². The summed E-state index contributed by atoms with van der Waals surface area (Å²) in [4.78, 5) is 0.961. The van der Waals surface area contributed by atoms with Gasteiger partial charge in [-0.05, 0) is 19.1 Å². The van der Waals surface area contributed by atoms with Crippen LogP contribution in [0.25, 0.3) is 0 Å². The van der Waals surface area contributed by atoms with Crippen molar-refractivity contribution in [2.24, 2.45) is 0 Å². The molecular formula is C6H5F3OS2. The summed E-state index contributed by atoms with van der Waals surface area (Å²) in [5, 5.41) is 0. The molecule has 0 atom stereocenters. The van der Waals surface area contributed by atoms with Crippen molar-refractivity contribution in [2.45, 2.75) is 17.5 Å². The second kappa shape index (κ2) is 3.68. The van der Waals surface area contributed by atoms with Crippen molar-refractivity contribution < 1.29 is 17.4 Å². The van der Waals surface area contributed by atoms with Crippen LogP contribution in [0.5, 0.6) is 0 Å². The van der Waals surface area contributed by atoms with Gasteiger partial charge in [0.2, 0.25) is 0 Å². The number of aryl methyl sites for hydroxylation is 1. The summed E-state index contributed by atoms with van der Waals surface area (Å²) < 4.78 is 38.6. The molecule has 0 fully saturated rings. The molecule has 0 bridgehead atoms. The number of rotatable bonds is 2. The Morgan fingerprint density at radius 2 is 2.08 bits per heavy atom. The van der Waals surface area contributed by atoms with E-state index >= 15 is 0 Å². The molecule has 0 N–H and O–H groups in total. The fourth-order valence-electron chi connectivity index (χ4n) is 0.545. The molecular weight excluding hydrogens is 209 g/mol. The smallest absolute Gasteiger partial charge is 0.214 e. The number of thiophene rings is 1. The predicted molar refractivity (Wildman–Crippen MR) is 42.1 cm³/mol. The molecule has 12 heavy (non-hydrogen) atoms. The minimum Gasteiger partial charge on any atom is -0.214 e. The van der Waals surface area contributed by atoms with Crippen molar-refractivity contribution in [1.82, 2.24) is 0 Å². The standard InChI is InChI=1S/C6H5F3OS2/c1-4-2-3-5(11-4)12-10-6(7,8)9/h2-3H,1H3. The molecule has 0 saturated carbocycles. The highest BCUT2D eigenvalue weighted by molar-refractivity contribution is 7.96. The van der Waals surface area contributed by atoms with E-state index in [1.54, 1.807) is 12.1 Å². The van der Waals surface area contributed by atoms with Gasteiger partial charge in [-0.25, -0.2) is 4.18 Å². The molecule has 6 heteroatoms.